The molecule has 3 rings (SSSR count). The molecule has 1 aromatic heterocycles. The Morgan fingerprint density at radius 2 is 1.62 bits per heavy atom. The highest BCUT2D eigenvalue weighted by Gasteiger charge is 2.23. The number of carboxylic acids is 1. The van der Waals surface area contributed by atoms with Crippen molar-refractivity contribution in [2.24, 2.45) is 0 Å². The molecular weight excluding hydrogens is 344 g/mol. The molecule has 0 bridgehead atoms. The van der Waals surface area contributed by atoms with Crippen LogP contribution >= 0.6 is 0 Å². The minimum Gasteiger partial charge on any atom is -0.507 e. The van der Waals surface area contributed by atoms with Gasteiger partial charge in [-0.05, 0) is 18.2 Å². The predicted octanol–water partition coefficient (Wildman–Crippen LogP) is 2.38. The monoisotopic (exact) mass is 356 g/mol. The fourth-order valence-electron chi connectivity index (χ4n) is 2.52. The zero-order valence-electron chi connectivity index (χ0n) is 13.1. The third-order valence-electron chi connectivity index (χ3n) is 3.78. The van der Waals surface area contributed by atoms with E-state index < -0.39 is 34.2 Å². The molecule has 1 heterocycles. The Morgan fingerprint density at radius 1 is 0.923 bits per heavy atom. The number of phenols is 4. The Morgan fingerprint density at radius 3 is 2.23 bits per heavy atom. The zero-order valence-corrected chi connectivity index (χ0v) is 13.1. The number of hydrogen-bond donors (Lipinski definition) is 5. The van der Waals surface area contributed by atoms with Crippen molar-refractivity contribution in [3.05, 3.63) is 52.7 Å². The molecule has 0 fully saturated rings. The molecule has 0 unspecified atom stereocenters. The second-order valence-electron chi connectivity index (χ2n) is 5.46. The smallest absolute Gasteiger partial charge is 0.335 e. The van der Waals surface area contributed by atoms with Crippen molar-refractivity contribution in [3.8, 4) is 34.3 Å². The zero-order chi connectivity index (χ0) is 19.2. The van der Waals surface area contributed by atoms with Crippen molar-refractivity contribution >= 4 is 22.5 Å². The molecule has 0 aliphatic carbocycles. The summed E-state index contributed by atoms with van der Waals surface area (Å²) in [7, 11) is 0. The molecule has 0 saturated heterocycles. The highest BCUT2D eigenvalue weighted by molar-refractivity contribution is 6.19. The Labute approximate surface area is 145 Å². The van der Waals surface area contributed by atoms with Crippen LogP contribution in [0.25, 0.3) is 27.9 Å². The maximum atomic E-state index is 12.4. The summed E-state index contributed by atoms with van der Waals surface area (Å²) in [6.45, 7) is 3.35. The summed E-state index contributed by atoms with van der Waals surface area (Å²) in [4.78, 5) is 23.7. The van der Waals surface area contributed by atoms with E-state index in [1.807, 2.05) is 0 Å². The first-order valence-corrected chi connectivity index (χ1v) is 7.18. The van der Waals surface area contributed by atoms with Gasteiger partial charge >= 0.3 is 5.97 Å². The van der Waals surface area contributed by atoms with Gasteiger partial charge in [-0.15, -0.1) is 0 Å². The molecule has 0 aliphatic rings. The van der Waals surface area contributed by atoms with Crippen molar-refractivity contribution < 1.29 is 34.7 Å². The second-order valence-corrected chi connectivity index (χ2v) is 5.46. The van der Waals surface area contributed by atoms with E-state index in [4.69, 9.17) is 9.52 Å². The second kappa shape index (κ2) is 5.85. The number of carboxylic acid groups (broad SMARTS) is 1. The maximum absolute atomic E-state index is 12.4. The molecule has 0 aliphatic heterocycles. The highest BCUT2D eigenvalue weighted by atomic mass is 16.4. The Kier molecular flexibility index (Phi) is 3.80. The minimum absolute atomic E-state index is 0.0813. The minimum atomic E-state index is -1.46. The fourth-order valence-corrected chi connectivity index (χ4v) is 2.52. The van der Waals surface area contributed by atoms with E-state index in [1.54, 1.807) is 0 Å². The fraction of sp³-hybridized carbons (Fsp3) is 0. The van der Waals surface area contributed by atoms with Gasteiger partial charge in [0.25, 0.3) is 0 Å². The van der Waals surface area contributed by atoms with E-state index in [2.05, 4.69) is 6.58 Å². The first-order valence-electron chi connectivity index (χ1n) is 7.18. The highest BCUT2D eigenvalue weighted by Crippen LogP contribution is 2.39. The van der Waals surface area contributed by atoms with Gasteiger partial charge in [-0.25, -0.2) is 4.79 Å². The third-order valence-corrected chi connectivity index (χ3v) is 3.78. The number of fused-ring (bicyclic) bond motifs is 1. The number of rotatable bonds is 3. The van der Waals surface area contributed by atoms with Crippen molar-refractivity contribution in [1.29, 1.82) is 0 Å². The molecule has 2 aromatic carbocycles. The first kappa shape index (κ1) is 16.9. The molecule has 0 saturated carbocycles. The number of carbonyl (C=O) groups is 1. The molecule has 0 atom stereocenters. The van der Waals surface area contributed by atoms with Crippen LogP contribution in [0.15, 0.2) is 46.1 Å². The lowest BCUT2D eigenvalue weighted by molar-refractivity contribution is -0.130. The van der Waals surface area contributed by atoms with Crippen LogP contribution in [-0.4, -0.2) is 31.5 Å². The van der Waals surface area contributed by atoms with E-state index in [-0.39, 0.29) is 33.6 Å². The Bertz CT molecular complexity index is 1140. The summed E-state index contributed by atoms with van der Waals surface area (Å²) in [5.41, 5.74) is -1.77. The molecule has 5 N–H and O–H groups in total. The number of benzene rings is 2. The number of phenolic OH excluding ortho intramolecular Hbond substituents is 4. The van der Waals surface area contributed by atoms with E-state index in [0.29, 0.717) is 0 Å². The van der Waals surface area contributed by atoms with Crippen LogP contribution in [0.1, 0.15) is 5.56 Å². The summed E-state index contributed by atoms with van der Waals surface area (Å²) in [5.74, 6) is -3.60. The lowest BCUT2D eigenvalue weighted by Crippen LogP contribution is -2.05. The predicted molar refractivity (Wildman–Crippen MR) is 91.2 cm³/mol. The van der Waals surface area contributed by atoms with Crippen molar-refractivity contribution in [3.63, 3.8) is 0 Å². The van der Waals surface area contributed by atoms with Crippen LogP contribution in [0, 0.1) is 0 Å². The molecule has 3 aromatic rings. The quantitative estimate of drug-likeness (QED) is 0.355. The number of hydrogen-bond acceptors (Lipinski definition) is 7. The maximum Gasteiger partial charge on any atom is 0.335 e. The van der Waals surface area contributed by atoms with Crippen LogP contribution in [0.5, 0.6) is 23.0 Å². The lowest BCUT2D eigenvalue weighted by atomic mass is 10.0. The summed E-state index contributed by atoms with van der Waals surface area (Å²) >= 11 is 0. The van der Waals surface area contributed by atoms with Gasteiger partial charge in [-0.1, -0.05) is 6.58 Å². The van der Waals surface area contributed by atoms with Gasteiger partial charge in [0.15, 0.2) is 22.5 Å². The van der Waals surface area contributed by atoms with Crippen LogP contribution in [0.3, 0.4) is 0 Å². The molecule has 8 heteroatoms. The summed E-state index contributed by atoms with van der Waals surface area (Å²) in [5, 5.41) is 47.8. The van der Waals surface area contributed by atoms with Gasteiger partial charge in [0, 0.05) is 17.7 Å². The normalized spacial score (nSPS) is 10.8. The first-order chi connectivity index (χ1) is 12.2. The van der Waals surface area contributed by atoms with E-state index >= 15 is 0 Å². The van der Waals surface area contributed by atoms with Crippen molar-refractivity contribution in [2.45, 2.75) is 0 Å². The van der Waals surface area contributed by atoms with Gasteiger partial charge in [-0.3, -0.25) is 4.79 Å². The summed E-state index contributed by atoms with van der Waals surface area (Å²) < 4.78 is 5.55. The average molecular weight is 356 g/mol. The van der Waals surface area contributed by atoms with E-state index in [1.165, 1.54) is 12.1 Å². The topological polar surface area (TPSA) is 148 Å². The molecule has 0 spiro atoms. The molecule has 132 valence electrons. The standard InChI is InChI=1S/C18H12O8/c1-7(18(24)25)15-11(21)5-12(22)16-13(23)6-14(26-17(15)16)8-2-3-9(19)10(20)4-8/h2-6,19-22H,1H2,(H,24,25). The lowest BCUT2D eigenvalue weighted by Gasteiger charge is -2.11. The summed E-state index contributed by atoms with van der Waals surface area (Å²) in [6, 6.07) is 5.51. The van der Waals surface area contributed by atoms with Crippen molar-refractivity contribution in [2.75, 3.05) is 0 Å². The molecule has 0 radical (unpaired) electrons. The van der Waals surface area contributed by atoms with E-state index in [0.717, 1.165) is 18.2 Å². The molecular formula is C18H12O8. The Hall–Kier alpha value is -3.94. The van der Waals surface area contributed by atoms with Gasteiger partial charge in [-0.2, -0.15) is 0 Å². The van der Waals surface area contributed by atoms with Gasteiger partial charge < -0.3 is 29.9 Å². The molecule has 0 amide bonds. The van der Waals surface area contributed by atoms with Gasteiger partial charge in [0.2, 0.25) is 0 Å². The van der Waals surface area contributed by atoms with Crippen molar-refractivity contribution in [1.82, 2.24) is 0 Å². The van der Waals surface area contributed by atoms with Crippen LogP contribution in [-0.2, 0) is 4.79 Å². The Balaban J connectivity index is 2.41. The third kappa shape index (κ3) is 2.59. The van der Waals surface area contributed by atoms with Gasteiger partial charge in [0.05, 0.1) is 11.1 Å². The average Bonchev–Trinajstić information content (AvgIpc) is 2.56. The largest absolute Gasteiger partial charge is 0.507 e. The SMILES string of the molecule is C=C(C(=O)O)c1c(O)cc(O)c2c(=O)cc(-c3ccc(O)c(O)c3)oc12. The van der Waals surface area contributed by atoms with Crippen LogP contribution in [0.2, 0.25) is 0 Å². The molecule has 26 heavy (non-hydrogen) atoms. The molecule has 8 nitrogen and oxygen atoms in total. The van der Waals surface area contributed by atoms with Crippen LogP contribution in [0.4, 0.5) is 0 Å². The number of aliphatic carboxylic acids is 1. The number of aromatic hydroxyl groups is 4. The summed E-state index contributed by atoms with van der Waals surface area (Å²) in [6.07, 6.45) is 0. The van der Waals surface area contributed by atoms with Gasteiger partial charge in [0.1, 0.15) is 22.6 Å². The van der Waals surface area contributed by atoms with E-state index in [9.17, 15) is 30.0 Å². The van der Waals surface area contributed by atoms with Crippen LogP contribution < -0.4 is 5.43 Å².